The summed E-state index contributed by atoms with van der Waals surface area (Å²) < 4.78 is 14.7. The molecule has 0 radical (unpaired) electrons. The maximum absolute atomic E-state index is 13.9. The summed E-state index contributed by atoms with van der Waals surface area (Å²) in [6, 6.07) is 7.16. The summed E-state index contributed by atoms with van der Waals surface area (Å²) in [6.07, 6.45) is 0. The molecule has 1 nitrogen and oxygen atoms in total. The molecule has 0 saturated carbocycles. The van der Waals surface area contributed by atoms with Gasteiger partial charge in [-0.05, 0) is 43.1 Å². The molecule has 0 aliphatic heterocycles. The van der Waals surface area contributed by atoms with Gasteiger partial charge in [0.25, 0.3) is 0 Å². The van der Waals surface area contributed by atoms with Gasteiger partial charge in [-0.15, -0.1) is 11.3 Å². The summed E-state index contributed by atoms with van der Waals surface area (Å²) >= 11 is 4.92. The second-order valence-electron chi connectivity index (χ2n) is 3.86. The van der Waals surface area contributed by atoms with Crippen LogP contribution >= 0.6 is 27.3 Å². The molecule has 1 heterocycles. The maximum Gasteiger partial charge on any atom is 0.129 e. The van der Waals surface area contributed by atoms with Crippen LogP contribution in [0, 0.1) is 12.7 Å². The maximum atomic E-state index is 13.9. The Bertz CT molecular complexity index is 524. The zero-order valence-electron chi connectivity index (χ0n) is 9.63. The van der Waals surface area contributed by atoms with Gasteiger partial charge in [0.2, 0.25) is 0 Å². The van der Waals surface area contributed by atoms with Gasteiger partial charge in [0.05, 0.1) is 6.04 Å². The van der Waals surface area contributed by atoms with Crippen LogP contribution in [0.1, 0.15) is 22.0 Å². The Kier molecular flexibility index (Phi) is 3.97. The molecule has 2 rings (SSSR count). The minimum Gasteiger partial charge on any atom is -0.309 e. The first-order valence-electron chi connectivity index (χ1n) is 5.29. The molecule has 1 aromatic carbocycles. The summed E-state index contributed by atoms with van der Waals surface area (Å²) in [6.45, 7) is 2.05. The van der Waals surface area contributed by atoms with E-state index in [1.54, 1.807) is 11.3 Å². The van der Waals surface area contributed by atoms with E-state index in [0.29, 0.717) is 5.56 Å². The van der Waals surface area contributed by atoms with E-state index in [1.807, 2.05) is 31.5 Å². The Balaban J connectivity index is 2.46. The highest BCUT2D eigenvalue weighted by atomic mass is 79.9. The van der Waals surface area contributed by atoms with Crippen molar-refractivity contribution in [2.45, 2.75) is 13.0 Å². The molecule has 0 saturated heterocycles. The van der Waals surface area contributed by atoms with E-state index < -0.39 is 0 Å². The number of hydrogen-bond acceptors (Lipinski definition) is 2. The van der Waals surface area contributed by atoms with Crippen molar-refractivity contribution in [1.82, 2.24) is 5.32 Å². The number of thiophene rings is 1. The summed E-state index contributed by atoms with van der Waals surface area (Å²) in [4.78, 5) is 1.16. The molecule has 2 aromatic rings. The van der Waals surface area contributed by atoms with E-state index in [4.69, 9.17) is 0 Å². The average molecular weight is 314 g/mol. The monoisotopic (exact) mass is 313 g/mol. The minimum absolute atomic E-state index is 0.0805. The van der Waals surface area contributed by atoms with Gasteiger partial charge in [0.1, 0.15) is 5.82 Å². The first-order valence-corrected chi connectivity index (χ1v) is 6.97. The third-order valence-corrected chi connectivity index (χ3v) is 4.30. The van der Waals surface area contributed by atoms with Gasteiger partial charge in [0.15, 0.2) is 0 Å². The summed E-state index contributed by atoms with van der Waals surface area (Å²) in [5.74, 6) is -0.188. The fourth-order valence-corrected chi connectivity index (χ4v) is 3.23. The Hall–Kier alpha value is -0.710. The molecule has 4 heteroatoms. The van der Waals surface area contributed by atoms with Crippen molar-refractivity contribution in [3.63, 3.8) is 0 Å². The van der Waals surface area contributed by atoms with Crippen LogP contribution in [0.25, 0.3) is 0 Å². The van der Waals surface area contributed by atoms with Crippen LogP contribution in [0.5, 0.6) is 0 Å². The highest BCUT2D eigenvalue weighted by Crippen LogP contribution is 2.31. The van der Waals surface area contributed by atoms with E-state index in [0.717, 1.165) is 9.35 Å². The topological polar surface area (TPSA) is 12.0 Å². The van der Waals surface area contributed by atoms with E-state index in [-0.39, 0.29) is 11.9 Å². The molecular formula is C13H13BrFNS. The first-order chi connectivity index (χ1) is 8.13. The zero-order valence-corrected chi connectivity index (χ0v) is 12.0. The molecule has 1 N–H and O–H groups in total. The molecule has 90 valence electrons. The second kappa shape index (κ2) is 5.29. The van der Waals surface area contributed by atoms with Gasteiger partial charge in [-0.25, -0.2) is 4.39 Å². The van der Waals surface area contributed by atoms with Crippen molar-refractivity contribution in [1.29, 1.82) is 0 Å². The number of rotatable bonds is 3. The van der Waals surface area contributed by atoms with Crippen LogP contribution in [0.2, 0.25) is 0 Å². The second-order valence-corrected chi connectivity index (χ2v) is 5.72. The van der Waals surface area contributed by atoms with Crippen LogP contribution in [-0.4, -0.2) is 7.05 Å². The predicted octanol–water partition coefficient (Wildman–Crippen LogP) is 4.27. The third kappa shape index (κ3) is 2.59. The quantitative estimate of drug-likeness (QED) is 0.892. The standard InChI is InChI=1S/C13H13BrFNS/c1-8-5-6-17-13(8)12(16-2)10-4-3-9(14)7-11(10)15/h3-7,12,16H,1-2H3. The normalized spacial score (nSPS) is 12.7. The van der Waals surface area contributed by atoms with E-state index in [9.17, 15) is 4.39 Å². The Labute approximate surface area is 113 Å². The Morgan fingerprint density at radius 1 is 1.35 bits per heavy atom. The van der Waals surface area contributed by atoms with Crippen LogP contribution in [0.15, 0.2) is 34.1 Å². The van der Waals surface area contributed by atoms with Crippen LogP contribution in [-0.2, 0) is 0 Å². The molecule has 1 unspecified atom stereocenters. The number of aryl methyl sites for hydroxylation is 1. The summed E-state index contributed by atoms with van der Waals surface area (Å²) in [7, 11) is 1.85. The van der Waals surface area contributed by atoms with Gasteiger partial charge < -0.3 is 5.32 Å². The van der Waals surface area contributed by atoms with Gasteiger partial charge in [-0.3, -0.25) is 0 Å². The van der Waals surface area contributed by atoms with Gasteiger partial charge >= 0.3 is 0 Å². The molecule has 0 aliphatic carbocycles. The van der Waals surface area contributed by atoms with Crippen molar-refractivity contribution < 1.29 is 4.39 Å². The molecule has 17 heavy (non-hydrogen) atoms. The minimum atomic E-state index is -0.188. The van der Waals surface area contributed by atoms with Crippen LogP contribution in [0.4, 0.5) is 4.39 Å². The molecule has 0 spiro atoms. The average Bonchev–Trinajstić information content (AvgIpc) is 2.69. The lowest BCUT2D eigenvalue weighted by Gasteiger charge is -2.17. The first kappa shape index (κ1) is 12.7. The number of halogens is 2. The van der Waals surface area contributed by atoms with Gasteiger partial charge in [-0.2, -0.15) is 0 Å². The SMILES string of the molecule is CNC(c1ccc(Br)cc1F)c1sccc1C. The fraction of sp³-hybridized carbons (Fsp3) is 0.231. The van der Waals surface area contributed by atoms with E-state index >= 15 is 0 Å². The molecule has 0 amide bonds. The lowest BCUT2D eigenvalue weighted by Crippen LogP contribution is -2.18. The highest BCUT2D eigenvalue weighted by Gasteiger charge is 2.18. The molecular weight excluding hydrogens is 301 g/mol. The Morgan fingerprint density at radius 3 is 2.65 bits per heavy atom. The number of nitrogens with one attached hydrogen (secondary N) is 1. The van der Waals surface area contributed by atoms with Crippen molar-refractivity contribution in [3.8, 4) is 0 Å². The summed E-state index contributed by atoms with van der Waals surface area (Å²) in [5, 5.41) is 5.21. The zero-order chi connectivity index (χ0) is 12.4. The van der Waals surface area contributed by atoms with Crippen molar-refractivity contribution in [2.24, 2.45) is 0 Å². The number of benzene rings is 1. The van der Waals surface area contributed by atoms with E-state index in [2.05, 4.69) is 27.3 Å². The Morgan fingerprint density at radius 2 is 2.12 bits per heavy atom. The summed E-state index contributed by atoms with van der Waals surface area (Å²) in [5.41, 5.74) is 1.87. The largest absolute Gasteiger partial charge is 0.309 e. The lowest BCUT2D eigenvalue weighted by molar-refractivity contribution is 0.578. The molecule has 0 aliphatic rings. The van der Waals surface area contributed by atoms with Crippen molar-refractivity contribution >= 4 is 27.3 Å². The predicted molar refractivity (Wildman–Crippen MR) is 74.1 cm³/mol. The highest BCUT2D eigenvalue weighted by molar-refractivity contribution is 9.10. The van der Waals surface area contributed by atoms with Crippen molar-refractivity contribution in [3.05, 3.63) is 55.9 Å². The molecule has 0 bridgehead atoms. The van der Waals surface area contributed by atoms with Gasteiger partial charge in [-0.1, -0.05) is 22.0 Å². The third-order valence-electron chi connectivity index (χ3n) is 2.73. The lowest BCUT2D eigenvalue weighted by atomic mass is 10.0. The van der Waals surface area contributed by atoms with Crippen LogP contribution in [0.3, 0.4) is 0 Å². The molecule has 1 atom stereocenters. The number of hydrogen-bond donors (Lipinski definition) is 1. The van der Waals surface area contributed by atoms with Crippen molar-refractivity contribution in [2.75, 3.05) is 7.05 Å². The van der Waals surface area contributed by atoms with Crippen LogP contribution < -0.4 is 5.32 Å². The molecule has 1 aromatic heterocycles. The van der Waals surface area contributed by atoms with Gasteiger partial charge in [0, 0.05) is 14.9 Å². The smallest absolute Gasteiger partial charge is 0.129 e. The van der Waals surface area contributed by atoms with E-state index in [1.165, 1.54) is 11.6 Å². The molecule has 0 fully saturated rings. The fourth-order valence-electron chi connectivity index (χ4n) is 1.84.